The van der Waals surface area contributed by atoms with Gasteiger partial charge in [0.1, 0.15) is 17.7 Å². The highest BCUT2D eigenvalue weighted by Gasteiger charge is 2.36. The van der Waals surface area contributed by atoms with Crippen molar-refractivity contribution >= 4 is 11.9 Å². The number of nitrogens with zero attached hydrogens (tertiary/aromatic N) is 2. The average molecular weight is 734 g/mol. The van der Waals surface area contributed by atoms with E-state index in [1.54, 1.807) is 40.7 Å². The number of hydrogen-bond donors (Lipinski definition) is 1. The van der Waals surface area contributed by atoms with Crippen LogP contribution in [0.5, 0.6) is 0 Å². The molecule has 0 spiro atoms. The van der Waals surface area contributed by atoms with Gasteiger partial charge in [0.05, 0.1) is 31.2 Å². The number of amides is 1. The third-order valence-corrected chi connectivity index (χ3v) is 9.25. The summed E-state index contributed by atoms with van der Waals surface area (Å²) in [6, 6.07) is 3.75. The first-order chi connectivity index (χ1) is 24.5. The van der Waals surface area contributed by atoms with Gasteiger partial charge < -0.3 is 24.3 Å². The predicted molar refractivity (Wildman–Crippen MR) is 188 cm³/mol. The number of alkyl halides is 3. The van der Waals surface area contributed by atoms with Gasteiger partial charge in [0.15, 0.2) is 0 Å². The Bertz CT molecular complexity index is 1770. The highest BCUT2D eigenvalue weighted by Crippen LogP contribution is 2.35. The summed E-state index contributed by atoms with van der Waals surface area (Å²) in [5.74, 6) is -2.82. The van der Waals surface area contributed by atoms with E-state index in [2.05, 4.69) is 5.32 Å². The Balaban J connectivity index is 1.78. The maximum Gasteiger partial charge on any atom is 0.416 e. The summed E-state index contributed by atoms with van der Waals surface area (Å²) in [4.78, 5) is 42.5. The van der Waals surface area contributed by atoms with Crippen LogP contribution in [0.2, 0.25) is 0 Å². The van der Waals surface area contributed by atoms with Gasteiger partial charge in [0, 0.05) is 44.1 Å². The molecule has 0 aliphatic carbocycles. The molecule has 1 aromatic heterocycles. The molecule has 1 aliphatic rings. The van der Waals surface area contributed by atoms with E-state index in [-0.39, 0.29) is 48.6 Å². The van der Waals surface area contributed by atoms with Crippen LogP contribution < -0.4 is 10.9 Å². The zero-order chi connectivity index (χ0) is 38.3. The topological polar surface area (TPSA) is 89.9 Å². The summed E-state index contributed by atoms with van der Waals surface area (Å²) < 4.78 is 84.6. The Labute approximate surface area is 301 Å². The first-order valence-corrected chi connectivity index (χ1v) is 17.7. The van der Waals surface area contributed by atoms with Gasteiger partial charge in [-0.2, -0.15) is 13.2 Å². The molecular weight excluding hydrogens is 685 g/mol. The molecule has 0 radical (unpaired) electrons. The van der Waals surface area contributed by atoms with Crippen molar-refractivity contribution in [3.63, 3.8) is 0 Å². The van der Waals surface area contributed by atoms with E-state index in [0.29, 0.717) is 54.6 Å². The molecule has 4 rings (SSSR count). The van der Waals surface area contributed by atoms with E-state index < -0.39 is 59.3 Å². The van der Waals surface area contributed by atoms with Gasteiger partial charge in [-0.25, -0.2) is 8.78 Å². The number of nitrogens with one attached hydrogen (secondary N) is 1. The number of carbonyl (C=O) groups is 2. The fourth-order valence-corrected chi connectivity index (χ4v) is 6.85. The van der Waals surface area contributed by atoms with Crippen molar-refractivity contribution in [1.82, 2.24) is 14.8 Å². The zero-order valence-electron chi connectivity index (χ0n) is 30.6. The largest absolute Gasteiger partial charge is 0.466 e. The smallest absolute Gasteiger partial charge is 0.416 e. The Morgan fingerprint density at radius 3 is 2.31 bits per heavy atom. The minimum atomic E-state index is -4.81. The predicted octanol–water partition coefficient (Wildman–Crippen LogP) is 7.40. The monoisotopic (exact) mass is 733 g/mol. The van der Waals surface area contributed by atoms with Crippen LogP contribution in [0.15, 0.2) is 41.3 Å². The lowest BCUT2D eigenvalue weighted by Crippen LogP contribution is -2.41. The van der Waals surface area contributed by atoms with Gasteiger partial charge in [-0.3, -0.25) is 14.4 Å². The molecule has 1 aliphatic heterocycles. The highest BCUT2D eigenvalue weighted by atomic mass is 19.4. The molecule has 2 atom stereocenters. The van der Waals surface area contributed by atoms with Crippen LogP contribution >= 0.6 is 0 Å². The molecule has 1 N–H and O–H groups in total. The fourth-order valence-electron chi connectivity index (χ4n) is 6.85. The molecule has 1 saturated heterocycles. The van der Waals surface area contributed by atoms with Crippen LogP contribution in [0.4, 0.5) is 22.0 Å². The summed E-state index contributed by atoms with van der Waals surface area (Å²) in [7, 11) is 0. The van der Waals surface area contributed by atoms with E-state index in [1.165, 1.54) is 25.1 Å². The molecule has 284 valence electrons. The quantitative estimate of drug-likeness (QED) is 0.146. The summed E-state index contributed by atoms with van der Waals surface area (Å²) in [6.45, 7) is 12.7. The van der Waals surface area contributed by atoms with Gasteiger partial charge in [-0.15, -0.1) is 0 Å². The number of carbonyl (C=O) groups excluding carboxylic acids is 2. The Hall–Kier alpha value is -4.10. The molecular formula is C39H48F5N3O5. The molecule has 2 aromatic carbocycles. The molecule has 1 amide bonds. The van der Waals surface area contributed by atoms with Crippen LogP contribution in [-0.4, -0.2) is 60.8 Å². The van der Waals surface area contributed by atoms with E-state index in [0.717, 1.165) is 17.2 Å². The first-order valence-electron chi connectivity index (χ1n) is 17.7. The van der Waals surface area contributed by atoms with E-state index in [1.807, 2.05) is 4.90 Å². The standard InChI is InChI=1S/C39H48F5N3O5/c1-7-52-35(49)21-32(30-19-28(16-26(6)37(30)41)36-24(4)17-29(40)18-25(36)5)45-38(50)33(15-23(2)3)47-22-27(31(20-34(47)48)39(42,43)44)9-11-46-10-8-13-51-14-12-46/h16-20,22-23,32-33H,7-15,21H2,1-6H3,(H,45,50). The van der Waals surface area contributed by atoms with Crippen LogP contribution in [0, 0.1) is 38.3 Å². The third-order valence-electron chi connectivity index (χ3n) is 9.25. The van der Waals surface area contributed by atoms with Crippen molar-refractivity contribution in [3.8, 4) is 11.1 Å². The third kappa shape index (κ3) is 10.3. The van der Waals surface area contributed by atoms with Crippen molar-refractivity contribution in [2.45, 2.75) is 85.5 Å². The molecule has 52 heavy (non-hydrogen) atoms. The average Bonchev–Trinajstić information content (AvgIpc) is 3.32. The number of pyridine rings is 1. The van der Waals surface area contributed by atoms with E-state index >= 15 is 4.39 Å². The molecule has 1 fully saturated rings. The fraction of sp³-hybridized carbons (Fsp3) is 0.513. The SMILES string of the molecule is CCOC(=O)CC(NC(=O)C(CC(C)C)n1cc(CCN2CCCOCC2)c(C(F)(F)F)cc1=O)c1cc(-c2c(C)cc(F)cc2C)cc(C)c1F. The van der Waals surface area contributed by atoms with E-state index in [4.69, 9.17) is 9.47 Å². The van der Waals surface area contributed by atoms with Crippen molar-refractivity contribution in [3.05, 3.63) is 91.9 Å². The van der Waals surface area contributed by atoms with Crippen molar-refractivity contribution < 1.29 is 41.0 Å². The number of benzene rings is 2. The minimum Gasteiger partial charge on any atom is -0.466 e. The van der Waals surface area contributed by atoms with Crippen molar-refractivity contribution in [2.75, 3.05) is 39.5 Å². The molecule has 0 saturated carbocycles. The number of aromatic nitrogens is 1. The van der Waals surface area contributed by atoms with Gasteiger partial charge in [0.25, 0.3) is 5.56 Å². The van der Waals surface area contributed by atoms with Crippen LogP contribution in [-0.2, 0) is 31.7 Å². The number of hydrogen-bond acceptors (Lipinski definition) is 6. The number of aryl methyl sites for hydroxylation is 3. The lowest BCUT2D eigenvalue weighted by molar-refractivity contribution is -0.144. The lowest BCUT2D eigenvalue weighted by Gasteiger charge is -2.27. The molecule has 13 heteroatoms. The van der Waals surface area contributed by atoms with Gasteiger partial charge >= 0.3 is 12.1 Å². The van der Waals surface area contributed by atoms with Crippen molar-refractivity contribution in [1.29, 1.82) is 0 Å². The molecule has 2 unspecified atom stereocenters. The number of esters is 1. The number of ether oxygens (including phenoxy) is 2. The summed E-state index contributed by atoms with van der Waals surface area (Å²) in [5.41, 5.74) is 0.324. The second-order valence-corrected chi connectivity index (χ2v) is 13.8. The van der Waals surface area contributed by atoms with Gasteiger partial charge in [-0.1, -0.05) is 13.8 Å². The maximum atomic E-state index is 16.0. The zero-order valence-corrected chi connectivity index (χ0v) is 30.6. The Morgan fingerprint density at radius 2 is 1.67 bits per heavy atom. The van der Waals surface area contributed by atoms with Gasteiger partial charge in [0.2, 0.25) is 5.91 Å². The Morgan fingerprint density at radius 1 is 0.981 bits per heavy atom. The van der Waals surface area contributed by atoms with Crippen LogP contribution in [0.1, 0.15) is 85.5 Å². The molecule has 8 nitrogen and oxygen atoms in total. The first kappa shape index (κ1) is 40.7. The molecule has 2 heterocycles. The Kier molecular flexibility index (Phi) is 13.8. The second kappa shape index (κ2) is 17.6. The lowest BCUT2D eigenvalue weighted by atomic mass is 9.90. The number of halogens is 5. The summed E-state index contributed by atoms with van der Waals surface area (Å²) in [5, 5.41) is 2.75. The second-order valence-electron chi connectivity index (χ2n) is 13.8. The van der Waals surface area contributed by atoms with Crippen molar-refractivity contribution in [2.24, 2.45) is 5.92 Å². The van der Waals surface area contributed by atoms with Crippen LogP contribution in [0.25, 0.3) is 11.1 Å². The minimum absolute atomic E-state index is 0.0270. The normalized spacial score (nSPS) is 15.3. The van der Waals surface area contributed by atoms with Gasteiger partial charge in [-0.05, 0) is 111 Å². The number of rotatable bonds is 13. The molecule has 3 aromatic rings. The van der Waals surface area contributed by atoms with Crippen LogP contribution in [0.3, 0.4) is 0 Å². The summed E-state index contributed by atoms with van der Waals surface area (Å²) in [6.07, 6.45) is -3.41. The molecule has 0 bridgehead atoms. The highest BCUT2D eigenvalue weighted by molar-refractivity contribution is 5.82. The summed E-state index contributed by atoms with van der Waals surface area (Å²) >= 11 is 0. The van der Waals surface area contributed by atoms with E-state index in [9.17, 15) is 31.9 Å². The maximum absolute atomic E-state index is 16.0.